The number of likely N-dealkylation sites (tertiary alicyclic amines) is 1. The van der Waals surface area contributed by atoms with Crippen molar-refractivity contribution in [3.8, 4) is 0 Å². The molecule has 0 aromatic heterocycles. The summed E-state index contributed by atoms with van der Waals surface area (Å²) in [6.45, 7) is 9.86. The van der Waals surface area contributed by atoms with E-state index in [-0.39, 0.29) is 31.4 Å². The number of carbonyl (C=O) groups is 4. The van der Waals surface area contributed by atoms with Crippen LogP contribution < -0.4 is 27.4 Å². The molecule has 4 atom stereocenters. The van der Waals surface area contributed by atoms with E-state index in [1.165, 1.54) is 4.90 Å². The molecule has 1 aliphatic rings. The number of rotatable bonds is 14. The molecule has 13 heteroatoms. The Morgan fingerprint density at radius 2 is 1.76 bits per heavy atom. The molecule has 0 saturated carbocycles. The molecule has 0 aliphatic carbocycles. The van der Waals surface area contributed by atoms with Gasteiger partial charge in [-0.25, -0.2) is 4.79 Å². The predicted molar refractivity (Wildman–Crippen MR) is 139 cm³/mol. The van der Waals surface area contributed by atoms with Crippen molar-refractivity contribution in [2.45, 2.75) is 96.5 Å². The number of nitrogens with zero attached hydrogens (tertiary/aromatic N) is 1. The standard InChI is InChI=1S/C24H45N7O6/c1-14(2)12-17(30-19(32)15(25)13-37-24(3,4)5)20(33)29-16(8-6-10-28-23(26)27)21(34)31-11-7-9-18(31)22(35)36/h14-18H,6-13,25H2,1-5H3,(H,29,33)(H,30,32)(H,35,36)(H4,26,27,28)/t15-,16+,17+,18+/m1/s1. The summed E-state index contributed by atoms with van der Waals surface area (Å²) in [6, 6.07) is -3.90. The highest BCUT2D eigenvalue weighted by Crippen LogP contribution is 2.20. The Balaban J connectivity index is 2.99. The minimum atomic E-state index is -1.09. The lowest BCUT2D eigenvalue weighted by Crippen LogP contribution is -2.58. The zero-order valence-electron chi connectivity index (χ0n) is 22.6. The first kappa shape index (κ1) is 32.1. The topological polar surface area (TPSA) is 213 Å². The van der Waals surface area contributed by atoms with E-state index in [1.807, 2.05) is 34.6 Å². The van der Waals surface area contributed by atoms with Crippen LogP contribution in [-0.2, 0) is 23.9 Å². The zero-order chi connectivity index (χ0) is 28.3. The maximum absolute atomic E-state index is 13.3. The fraction of sp³-hybridized carbons (Fsp3) is 0.792. The van der Waals surface area contributed by atoms with Gasteiger partial charge < -0.3 is 42.2 Å². The summed E-state index contributed by atoms with van der Waals surface area (Å²) in [7, 11) is 0. The molecule has 37 heavy (non-hydrogen) atoms. The average Bonchev–Trinajstić information content (AvgIpc) is 3.27. The minimum Gasteiger partial charge on any atom is -0.480 e. The number of aliphatic carboxylic acids is 1. The number of ether oxygens (including phenoxy) is 1. The van der Waals surface area contributed by atoms with Crippen molar-refractivity contribution in [3.05, 3.63) is 0 Å². The summed E-state index contributed by atoms with van der Waals surface area (Å²) in [6.07, 6.45) is 1.77. The van der Waals surface area contributed by atoms with E-state index in [0.717, 1.165) is 0 Å². The van der Waals surface area contributed by atoms with Crippen molar-refractivity contribution in [2.24, 2.45) is 17.4 Å². The van der Waals surface area contributed by atoms with Gasteiger partial charge in [-0.15, -0.1) is 0 Å². The molecule has 0 aromatic carbocycles. The van der Waals surface area contributed by atoms with Crippen LogP contribution in [0.1, 0.15) is 66.7 Å². The number of carboxylic acid groups (broad SMARTS) is 1. The summed E-state index contributed by atoms with van der Waals surface area (Å²) < 4.78 is 5.58. The van der Waals surface area contributed by atoms with Crippen LogP contribution in [0, 0.1) is 11.3 Å². The zero-order valence-corrected chi connectivity index (χ0v) is 22.6. The largest absolute Gasteiger partial charge is 0.480 e. The maximum Gasteiger partial charge on any atom is 0.326 e. The summed E-state index contributed by atoms with van der Waals surface area (Å²) >= 11 is 0. The highest BCUT2D eigenvalue weighted by Gasteiger charge is 2.38. The molecule has 0 bridgehead atoms. The van der Waals surface area contributed by atoms with Crippen LogP contribution in [0.25, 0.3) is 0 Å². The fourth-order valence-corrected chi connectivity index (χ4v) is 3.94. The molecule has 212 valence electrons. The smallest absolute Gasteiger partial charge is 0.326 e. The van der Waals surface area contributed by atoms with Crippen molar-refractivity contribution in [3.63, 3.8) is 0 Å². The molecule has 1 heterocycles. The van der Waals surface area contributed by atoms with Gasteiger partial charge >= 0.3 is 5.97 Å². The second kappa shape index (κ2) is 14.7. The van der Waals surface area contributed by atoms with E-state index in [1.54, 1.807) is 0 Å². The first-order chi connectivity index (χ1) is 17.1. The van der Waals surface area contributed by atoms with Gasteiger partial charge in [0, 0.05) is 13.1 Å². The van der Waals surface area contributed by atoms with E-state index < -0.39 is 53.5 Å². The lowest BCUT2D eigenvalue weighted by atomic mass is 10.0. The second-order valence-electron chi connectivity index (χ2n) is 10.8. The Morgan fingerprint density at radius 3 is 2.30 bits per heavy atom. The van der Waals surface area contributed by atoms with Gasteiger partial charge in [-0.3, -0.25) is 19.8 Å². The number of nitrogens with one attached hydrogen (secondary N) is 4. The first-order valence-corrected chi connectivity index (χ1v) is 12.7. The third-order valence-corrected chi connectivity index (χ3v) is 5.79. The molecule has 3 amide bonds. The monoisotopic (exact) mass is 527 g/mol. The van der Waals surface area contributed by atoms with Gasteiger partial charge in [-0.2, -0.15) is 0 Å². The summed E-state index contributed by atoms with van der Waals surface area (Å²) in [4.78, 5) is 52.2. The number of carbonyl (C=O) groups excluding carboxylic acids is 3. The highest BCUT2D eigenvalue weighted by atomic mass is 16.5. The van der Waals surface area contributed by atoms with Crippen LogP contribution in [0.2, 0.25) is 0 Å². The Labute approximate surface area is 218 Å². The molecule has 1 fully saturated rings. The molecular formula is C24H45N7O6. The van der Waals surface area contributed by atoms with Gasteiger partial charge in [-0.1, -0.05) is 13.8 Å². The van der Waals surface area contributed by atoms with Gasteiger partial charge in [0.05, 0.1) is 12.2 Å². The van der Waals surface area contributed by atoms with E-state index in [2.05, 4.69) is 16.0 Å². The van der Waals surface area contributed by atoms with Crippen molar-refractivity contribution >= 4 is 29.7 Å². The van der Waals surface area contributed by atoms with Gasteiger partial charge in [0.25, 0.3) is 0 Å². The molecule has 1 saturated heterocycles. The normalized spacial score (nSPS) is 18.1. The number of carboxylic acids is 1. The quantitative estimate of drug-likeness (QED) is 0.0878. The number of amides is 3. The highest BCUT2D eigenvalue weighted by molar-refractivity contribution is 5.94. The minimum absolute atomic E-state index is 0.0266. The van der Waals surface area contributed by atoms with E-state index in [4.69, 9.17) is 21.6 Å². The number of hydrogen-bond donors (Lipinski definition) is 7. The SMILES string of the molecule is CC(C)C[C@H](NC(=O)[C@H](N)COC(C)(C)C)C(=O)N[C@@H](CCCNC(=N)N)C(=O)N1CCC[C@H]1C(=O)O. The van der Waals surface area contributed by atoms with Crippen molar-refractivity contribution in [1.29, 1.82) is 5.41 Å². The van der Waals surface area contributed by atoms with Crippen LogP contribution in [0.5, 0.6) is 0 Å². The predicted octanol–water partition coefficient (Wildman–Crippen LogP) is -0.517. The molecule has 0 unspecified atom stereocenters. The average molecular weight is 528 g/mol. The molecule has 9 N–H and O–H groups in total. The first-order valence-electron chi connectivity index (χ1n) is 12.7. The van der Waals surface area contributed by atoms with Crippen molar-refractivity contribution < 1.29 is 29.0 Å². The number of guanidine groups is 1. The lowest BCUT2D eigenvalue weighted by Gasteiger charge is -2.29. The van der Waals surface area contributed by atoms with Crippen LogP contribution >= 0.6 is 0 Å². The maximum atomic E-state index is 13.3. The van der Waals surface area contributed by atoms with E-state index in [9.17, 15) is 24.3 Å². The van der Waals surface area contributed by atoms with Crippen LogP contribution in [0.15, 0.2) is 0 Å². The van der Waals surface area contributed by atoms with Crippen LogP contribution in [0.3, 0.4) is 0 Å². The Bertz CT molecular complexity index is 814. The molecule has 0 spiro atoms. The Hall–Kier alpha value is -2.93. The molecule has 1 rings (SSSR count). The van der Waals surface area contributed by atoms with E-state index in [0.29, 0.717) is 32.2 Å². The van der Waals surface area contributed by atoms with Gasteiger partial charge in [0.2, 0.25) is 17.7 Å². The summed E-state index contributed by atoms with van der Waals surface area (Å²) in [5, 5.41) is 24.8. The number of nitrogens with two attached hydrogens (primary N) is 2. The molecule has 0 aromatic rings. The van der Waals surface area contributed by atoms with Crippen molar-refractivity contribution in [1.82, 2.24) is 20.9 Å². The lowest BCUT2D eigenvalue weighted by molar-refractivity contribution is -0.149. The van der Waals surface area contributed by atoms with Crippen LogP contribution in [0.4, 0.5) is 0 Å². The van der Waals surface area contributed by atoms with E-state index >= 15 is 0 Å². The summed E-state index contributed by atoms with van der Waals surface area (Å²) in [5.41, 5.74) is 10.8. The van der Waals surface area contributed by atoms with Gasteiger partial charge in [0.1, 0.15) is 24.2 Å². The van der Waals surface area contributed by atoms with Crippen LogP contribution in [-0.4, -0.2) is 89.1 Å². The Kier molecular flexibility index (Phi) is 12.8. The molecule has 1 aliphatic heterocycles. The molecule has 0 radical (unpaired) electrons. The number of hydrogen-bond acceptors (Lipinski definition) is 7. The second-order valence-corrected chi connectivity index (χ2v) is 10.8. The van der Waals surface area contributed by atoms with Gasteiger partial charge in [-0.05, 0) is 58.8 Å². The molecular weight excluding hydrogens is 482 g/mol. The Morgan fingerprint density at radius 1 is 1.14 bits per heavy atom. The fourth-order valence-electron chi connectivity index (χ4n) is 3.94. The van der Waals surface area contributed by atoms with Crippen molar-refractivity contribution in [2.75, 3.05) is 19.7 Å². The third-order valence-electron chi connectivity index (χ3n) is 5.79. The summed E-state index contributed by atoms with van der Waals surface area (Å²) in [5.74, 6) is -2.87. The third kappa shape index (κ3) is 11.8. The van der Waals surface area contributed by atoms with Gasteiger partial charge in [0.15, 0.2) is 5.96 Å². The molecule has 13 nitrogen and oxygen atoms in total.